The van der Waals surface area contributed by atoms with Gasteiger partial charge < -0.3 is 20.3 Å². The molecule has 0 spiro atoms. The molecule has 27 heavy (non-hydrogen) atoms. The first-order valence-electron chi connectivity index (χ1n) is 7.50. The molecule has 3 rings (SSSR count). The first kappa shape index (κ1) is 20.1. The maximum Gasteiger partial charge on any atom is 0.349 e. The average molecular weight is 476 g/mol. The van der Waals surface area contributed by atoms with Crippen LogP contribution in [-0.2, 0) is 12.3 Å². The molecule has 0 aliphatic heterocycles. The molecule has 0 saturated carbocycles. The molecular weight excluding hydrogens is 463 g/mol. The topological polar surface area (TPSA) is 92.8 Å². The van der Waals surface area contributed by atoms with E-state index in [1.807, 2.05) is 30.3 Å². The Labute approximate surface area is 166 Å². The molecule has 1 amide bonds. The number of ether oxygens (including phenoxy) is 1. The molecule has 0 atom stereocenters. The van der Waals surface area contributed by atoms with Gasteiger partial charge in [-0.15, -0.1) is 11.3 Å². The second-order valence-corrected chi connectivity index (χ2v) is 8.52. The number of carbonyl (C=O) groups excluding carboxylic acids is 1. The van der Waals surface area contributed by atoms with Crippen LogP contribution in [-0.4, -0.2) is 15.7 Å². The lowest BCUT2D eigenvalue weighted by Crippen LogP contribution is -2.11. The molecule has 10 heteroatoms. The van der Waals surface area contributed by atoms with E-state index in [1.54, 1.807) is 0 Å². The maximum atomic E-state index is 14.2. The van der Waals surface area contributed by atoms with Crippen molar-refractivity contribution in [1.82, 2.24) is 0 Å². The Morgan fingerprint density at radius 3 is 2.52 bits per heavy atom. The van der Waals surface area contributed by atoms with Gasteiger partial charge in [0.25, 0.3) is 0 Å². The molecule has 0 aliphatic rings. The molecule has 1 heterocycles. The molecular formula is C17H13BrF2NO4PS. The SMILES string of the molecule is NC(=O)c1cc(OCc2ccccc2)c2sc(C(F)(F)P(O)O)c(Br)c2c1. The molecule has 0 unspecified atom stereocenters. The van der Waals surface area contributed by atoms with E-state index in [1.165, 1.54) is 12.1 Å². The number of hydrogen-bond acceptors (Lipinski definition) is 5. The number of carbonyl (C=O) groups is 1. The van der Waals surface area contributed by atoms with Crippen molar-refractivity contribution in [3.8, 4) is 5.75 Å². The molecule has 0 aliphatic carbocycles. The highest BCUT2D eigenvalue weighted by molar-refractivity contribution is 9.10. The summed E-state index contributed by atoms with van der Waals surface area (Å²) in [6, 6.07) is 11.9. The third-order valence-electron chi connectivity index (χ3n) is 3.74. The van der Waals surface area contributed by atoms with Gasteiger partial charge in [-0.3, -0.25) is 4.79 Å². The van der Waals surface area contributed by atoms with Crippen LogP contribution in [0.15, 0.2) is 46.9 Å². The molecule has 3 aromatic rings. The van der Waals surface area contributed by atoms with E-state index in [-0.39, 0.29) is 27.8 Å². The van der Waals surface area contributed by atoms with Crippen LogP contribution in [0.3, 0.4) is 0 Å². The largest absolute Gasteiger partial charge is 0.487 e. The number of fused-ring (bicyclic) bond motifs is 1. The molecule has 0 radical (unpaired) electrons. The smallest absolute Gasteiger partial charge is 0.349 e. The fourth-order valence-electron chi connectivity index (χ4n) is 2.41. The number of amides is 1. The van der Waals surface area contributed by atoms with E-state index in [4.69, 9.17) is 20.3 Å². The maximum absolute atomic E-state index is 14.2. The van der Waals surface area contributed by atoms with E-state index in [0.29, 0.717) is 16.0 Å². The molecule has 4 N–H and O–H groups in total. The van der Waals surface area contributed by atoms with Crippen molar-refractivity contribution in [3.63, 3.8) is 0 Å². The Balaban J connectivity index is 2.12. The van der Waals surface area contributed by atoms with Crippen LogP contribution in [0.1, 0.15) is 20.8 Å². The minimum Gasteiger partial charge on any atom is -0.487 e. The Morgan fingerprint density at radius 1 is 1.26 bits per heavy atom. The van der Waals surface area contributed by atoms with Crippen molar-refractivity contribution in [3.05, 3.63) is 62.9 Å². The zero-order valence-corrected chi connectivity index (χ0v) is 16.8. The Hall–Kier alpha value is -1.64. The lowest BCUT2D eigenvalue weighted by Gasteiger charge is -2.15. The van der Waals surface area contributed by atoms with Gasteiger partial charge in [0.2, 0.25) is 14.3 Å². The van der Waals surface area contributed by atoms with Gasteiger partial charge in [0.1, 0.15) is 12.4 Å². The summed E-state index contributed by atoms with van der Waals surface area (Å²) >= 11 is 3.74. The van der Waals surface area contributed by atoms with Crippen LogP contribution in [0.25, 0.3) is 10.1 Å². The van der Waals surface area contributed by atoms with E-state index in [0.717, 1.165) is 5.56 Å². The van der Waals surface area contributed by atoms with Crippen LogP contribution < -0.4 is 10.5 Å². The summed E-state index contributed by atoms with van der Waals surface area (Å²) in [6.07, 6.45) is 0. The Morgan fingerprint density at radius 2 is 1.93 bits per heavy atom. The summed E-state index contributed by atoms with van der Waals surface area (Å²) in [5.41, 5.74) is 2.45. The van der Waals surface area contributed by atoms with Gasteiger partial charge in [0, 0.05) is 15.4 Å². The van der Waals surface area contributed by atoms with Crippen LogP contribution >= 0.6 is 35.6 Å². The molecule has 0 saturated heterocycles. The fraction of sp³-hybridized carbons (Fsp3) is 0.118. The minimum absolute atomic E-state index is 0.0317. The molecule has 5 nitrogen and oxygen atoms in total. The Bertz CT molecular complexity index is 998. The zero-order valence-electron chi connectivity index (χ0n) is 13.5. The number of thiophene rings is 1. The van der Waals surface area contributed by atoms with Gasteiger partial charge in [0.15, 0.2) is 0 Å². The first-order chi connectivity index (χ1) is 12.7. The monoisotopic (exact) mass is 475 g/mol. The van der Waals surface area contributed by atoms with Crippen LogP contribution in [0.4, 0.5) is 8.78 Å². The number of benzene rings is 2. The molecule has 142 valence electrons. The summed E-state index contributed by atoms with van der Waals surface area (Å²) in [6.45, 7) is 0.159. The second kappa shape index (κ2) is 7.77. The number of alkyl halides is 2. The van der Waals surface area contributed by atoms with Gasteiger partial charge in [-0.2, -0.15) is 8.78 Å². The fourth-order valence-corrected chi connectivity index (χ4v) is 5.19. The summed E-state index contributed by atoms with van der Waals surface area (Å²) in [7, 11) is -3.53. The van der Waals surface area contributed by atoms with Crippen molar-refractivity contribution >= 4 is 51.6 Å². The average Bonchev–Trinajstić information content (AvgIpc) is 2.98. The standard InChI is InChI=1S/C17H13BrF2NO4PS/c18-13-11-6-10(16(21)22)7-12(25-8-9-4-2-1-3-5-9)14(11)27-15(13)17(19,20)26(23)24/h1-7,23-24H,8H2,(H2,21,22). The van der Waals surface area contributed by atoms with Crippen LogP contribution in [0.2, 0.25) is 0 Å². The highest BCUT2D eigenvalue weighted by Crippen LogP contribution is 2.58. The summed E-state index contributed by atoms with van der Waals surface area (Å²) in [5, 5.41) is 0.283. The molecule has 0 bridgehead atoms. The van der Waals surface area contributed by atoms with Gasteiger partial charge in [-0.05, 0) is 33.6 Å². The van der Waals surface area contributed by atoms with Crippen molar-refractivity contribution in [2.24, 2.45) is 5.73 Å². The molecule has 1 aromatic heterocycles. The predicted molar refractivity (Wildman–Crippen MR) is 104 cm³/mol. The highest BCUT2D eigenvalue weighted by Gasteiger charge is 2.45. The normalized spacial score (nSPS) is 11.9. The van der Waals surface area contributed by atoms with E-state index in [9.17, 15) is 13.6 Å². The Kier molecular flexibility index (Phi) is 5.79. The predicted octanol–water partition coefficient (Wildman–Crippen LogP) is 4.69. The summed E-state index contributed by atoms with van der Waals surface area (Å²) < 4.78 is 34.5. The number of rotatable bonds is 6. The number of primary amides is 1. The number of halogens is 3. The summed E-state index contributed by atoms with van der Waals surface area (Å²) in [5.74, 6) is -0.530. The first-order valence-corrected chi connectivity index (χ1v) is 10.4. The highest BCUT2D eigenvalue weighted by atomic mass is 79.9. The molecule has 0 fully saturated rings. The minimum atomic E-state index is -3.83. The molecule has 2 aromatic carbocycles. The summed E-state index contributed by atoms with van der Waals surface area (Å²) in [4.78, 5) is 29.3. The van der Waals surface area contributed by atoms with Crippen molar-refractivity contribution in [2.45, 2.75) is 12.3 Å². The number of nitrogens with two attached hydrogens (primary N) is 1. The van der Waals surface area contributed by atoms with Crippen molar-refractivity contribution in [2.75, 3.05) is 0 Å². The van der Waals surface area contributed by atoms with Crippen molar-refractivity contribution < 1.29 is 28.1 Å². The quantitative estimate of drug-likeness (QED) is 0.451. The van der Waals surface area contributed by atoms with Crippen molar-refractivity contribution in [1.29, 1.82) is 0 Å². The van der Waals surface area contributed by atoms with Gasteiger partial charge in [-0.25, -0.2) is 0 Å². The number of hydrogen-bond donors (Lipinski definition) is 3. The zero-order chi connectivity index (χ0) is 19.8. The van der Waals surface area contributed by atoms with Crippen LogP contribution in [0, 0.1) is 0 Å². The van der Waals surface area contributed by atoms with E-state index >= 15 is 0 Å². The second-order valence-electron chi connectivity index (χ2n) is 5.57. The van der Waals surface area contributed by atoms with Gasteiger partial charge >= 0.3 is 5.66 Å². The lowest BCUT2D eigenvalue weighted by atomic mass is 10.1. The van der Waals surface area contributed by atoms with Gasteiger partial charge in [-0.1, -0.05) is 30.3 Å². The third kappa shape index (κ3) is 3.97. The third-order valence-corrected chi connectivity index (χ3v) is 6.99. The lowest BCUT2D eigenvalue weighted by molar-refractivity contribution is 0.0766. The van der Waals surface area contributed by atoms with E-state index in [2.05, 4.69) is 15.9 Å². The van der Waals surface area contributed by atoms with Crippen LogP contribution in [0.5, 0.6) is 5.75 Å². The van der Waals surface area contributed by atoms with E-state index < -0.39 is 24.8 Å². The van der Waals surface area contributed by atoms with Gasteiger partial charge in [0.05, 0.1) is 9.58 Å².